The molecule has 1 aliphatic carbocycles. The fraction of sp³-hybridized carbons (Fsp3) is 0.857. The highest BCUT2D eigenvalue weighted by atomic mass is 79.9. The van der Waals surface area contributed by atoms with Crippen LogP contribution in [0.4, 0.5) is 0 Å². The Morgan fingerprint density at radius 3 is 2.22 bits per heavy atom. The Kier molecular flexibility index (Phi) is 1.94. The van der Waals surface area contributed by atoms with Crippen molar-refractivity contribution in [3.05, 3.63) is 0 Å². The van der Waals surface area contributed by atoms with Crippen molar-refractivity contribution in [3.8, 4) is 0 Å². The zero-order chi connectivity index (χ0) is 7.02. The van der Waals surface area contributed by atoms with E-state index < -0.39 is 0 Å². The number of halogens is 1. The van der Waals surface area contributed by atoms with Gasteiger partial charge in [0, 0.05) is 16.7 Å². The molecular formula is C7H11BrO. The summed E-state index contributed by atoms with van der Waals surface area (Å²) in [6.45, 7) is 3.92. The molecule has 0 aromatic carbocycles. The molecule has 0 aromatic heterocycles. The SMILES string of the molecule is CC(C)C(=O)C1CC1Br. The van der Waals surface area contributed by atoms with Crippen molar-refractivity contribution in [2.45, 2.75) is 25.1 Å². The molecule has 1 fully saturated rings. The summed E-state index contributed by atoms with van der Waals surface area (Å²) in [5.74, 6) is 0.972. The van der Waals surface area contributed by atoms with Crippen LogP contribution in [0.15, 0.2) is 0 Å². The van der Waals surface area contributed by atoms with Gasteiger partial charge in [0.05, 0.1) is 0 Å². The molecule has 52 valence electrons. The second-order valence-corrected chi connectivity index (χ2v) is 4.09. The molecule has 0 radical (unpaired) electrons. The summed E-state index contributed by atoms with van der Waals surface area (Å²) in [6, 6.07) is 0. The summed E-state index contributed by atoms with van der Waals surface area (Å²) >= 11 is 3.40. The highest BCUT2D eigenvalue weighted by Gasteiger charge is 2.41. The van der Waals surface area contributed by atoms with Crippen LogP contribution in [0, 0.1) is 11.8 Å². The quantitative estimate of drug-likeness (QED) is 0.610. The number of rotatable bonds is 2. The summed E-state index contributed by atoms with van der Waals surface area (Å²) in [6.07, 6.45) is 1.05. The Labute approximate surface area is 64.0 Å². The van der Waals surface area contributed by atoms with Gasteiger partial charge in [-0.25, -0.2) is 0 Å². The maximum absolute atomic E-state index is 11.1. The van der Waals surface area contributed by atoms with Gasteiger partial charge < -0.3 is 0 Å². The molecule has 0 N–H and O–H groups in total. The van der Waals surface area contributed by atoms with E-state index in [1.54, 1.807) is 0 Å². The third-order valence-electron chi connectivity index (χ3n) is 1.65. The molecule has 0 saturated heterocycles. The number of alkyl halides is 1. The lowest BCUT2D eigenvalue weighted by Gasteiger charge is -1.99. The van der Waals surface area contributed by atoms with E-state index in [0.717, 1.165) is 6.42 Å². The molecule has 0 aliphatic heterocycles. The molecular weight excluding hydrogens is 180 g/mol. The summed E-state index contributed by atoms with van der Waals surface area (Å²) in [4.78, 5) is 11.6. The summed E-state index contributed by atoms with van der Waals surface area (Å²) in [5, 5.41) is 0. The van der Waals surface area contributed by atoms with Gasteiger partial charge >= 0.3 is 0 Å². The Bertz CT molecular complexity index is 131. The zero-order valence-electron chi connectivity index (χ0n) is 5.73. The van der Waals surface area contributed by atoms with Gasteiger partial charge in [-0.3, -0.25) is 4.79 Å². The predicted octanol–water partition coefficient (Wildman–Crippen LogP) is 1.99. The molecule has 1 aliphatic rings. The van der Waals surface area contributed by atoms with Gasteiger partial charge in [0.15, 0.2) is 0 Å². The zero-order valence-corrected chi connectivity index (χ0v) is 7.31. The fourth-order valence-corrected chi connectivity index (χ4v) is 1.55. The smallest absolute Gasteiger partial charge is 0.139 e. The van der Waals surface area contributed by atoms with E-state index in [2.05, 4.69) is 15.9 Å². The van der Waals surface area contributed by atoms with E-state index in [1.165, 1.54) is 0 Å². The Hall–Kier alpha value is 0.150. The maximum atomic E-state index is 11.1. The van der Waals surface area contributed by atoms with E-state index in [1.807, 2.05) is 13.8 Å². The van der Waals surface area contributed by atoms with E-state index >= 15 is 0 Å². The lowest BCUT2D eigenvalue weighted by atomic mass is 10.1. The van der Waals surface area contributed by atoms with Crippen molar-refractivity contribution in [1.82, 2.24) is 0 Å². The minimum Gasteiger partial charge on any atom is -0.299 e. The van der Waals surface area contributed by atoms with Crippen LogP contribution in [0.2, 0.25) is 0 Å². The molecule has 2 heteroatoms. The van der Waals surface area contributed by atoms with Crippen molar-refractivity contribution in [1.29, 1.82) is 0 Å². The third kappa shape index (κ3) is 1.54. The monoisotopic (exact) mass is 190 g/mol. The summed E-state index contributed by atoms with van der Waals surface area (Å²) in [7, 11) is 0. The van der Waals surface area contributed by atoms with Gasteiger partial charge in [0.2, 0.25) is 0 Å². The number of carbonyl (C=O) groups is 1. The van der Waals surface area contributed by atoms with E-state index in [0.29, 0.717) is 16.5 Å². The standard InChI is InChI=1S/C7H11BrO/c1-4(2)7(9)5-3-6(5)8/h4-6H,3H2,1-2H3. The molecule has 9 heavy (non-hydrogen) atoms. The number of hydrogen-bond acceptors (Lipinski definition) is 1. The fourth-order valence-electron chi connectivity index (χ4n) is 0.887. The number of Topliss-reactive ketones (excluding diaryl/α,β-unsaturated/α-hetero) is 1. The highest BCUT2D eigenvalue weighted by molar-refractivity contribution is 9.09. The molecule has 0 heterocycles. The average Bonchev–Trinajstić information content (AvgIpc) is 2.44. The van der Waals surface area contributed by atoms with Gasteiger partial charge in [-0.1, -0.05) is 29.8 Å². The van der Waals surface area contributed by atoms with Crippen LogP contribution >= 0.6 is 15.9 Å². The summed E-state index contributed by atoms with van der Waals surface area (Å²) < 4.78 is 0. The van der Waals surface area contributed by atoms with Crippen LogP contribution in [0.5, 0.6) is 0 Å². The lowest BCUT2D eigenvalue weighted by molar-refractivity contribution is -0.123. The number of ketones is 1. The topological polar surface area (TPSA) is 17.1 Å². The first-order valence-electron chi connectivity index (χ1n) is 3.30. The Balaban J connectivity index is 2.36. The molecule has 0 aromatic rings. The van der Waals surface area contributed by atoms with Crippen molar-refractivity contribution >= 4 is 21.7 Å². The molecule has 0 amide bonds. The van der Waals surface area contributed by atoms with Gasteiger partial charge in [0.25, 0.3) is 0 Å². The van der Waals surface area contributed by atoms with Crippen molar-refractivity contribution in [2.75, 3.05) is 0 Å². The van der Waals surface area contributed by atoms with Crippen molar-refractivity contribution in [2.24, 2.45) is 11.8 Å². The first-order valence-corrected chi connectivity index (χ1v) is 4.22. The van der Waals surface area contributed by atoms with Crippen molar-refractivity contribution < 1.29 is 4.79 Å². The van der Waals surface area contributed by atoms with E-state index in [9.17, 15) is 4.79 Å². The number of hydrogen-bond donors (Lipinski definition) is 0. The normalized spacial score (nSPS) is 32.9. The minimum atomic E-state index is 0.220. The van der Waals surface area contributed by atoms with Gasteiger partial charge in [0.1, 0.15) is 5.78 Å². The average molecular weight is 191 g/mol. The minimum absolute atomic E-state index is 0.220. The summed E-state index contributed by atoms with van der Waals surface area (Å²) in [5.41, 5.74) is 0. The molecule has 0 spiro atoms. The first kappa shape index (κ1) is 7.26. The largest absolute Gasteiger partial charge is 0.299 e. The molecule has 1 rings (SSSR count). The van der Waals surface area contributed by atoms with Crippen LogP contribution in [-0.2, 0) is 4.79 Å². The van der Waals surface area contributed by atoms with Crippen LogP contribution in [0.3, 0.4) is 0 Å². The Morgan fingerprint density at radius 2 is 2.11 bits per heavy atom. The Morgan fingerprint density at radius 1 is 1.67 bits per heavy atom. The third-order valence-corrected chi connectivity index (χ3v) is 2.66. The maximum Gasteiger partial charge on any atom is 0.139 e. The van der Waals surface area contributed by atoms with Crippen LogP contribution in [-0.4, -0.2) is 10.6 Å². The highest BCUT2D eigenvalue weighted by Crippen LogP contribution is 2.39. The first-order chi connectivity index (χ1) is 4.13. The van der Waals surface area contributed by atoms with Crippen LogP contribution < -0.4 is 0 Å². The van der Waals surface area contributed by atoms with Crippen LogP contribution in [0.25, 0.3) is 0 Å². The molecule has 2 unspecified atom stereocenters. The number of carbonyl (C=O) groups excluding carboxylic acids is 1. The van der Waals surface area contributed by atoms with Crippen LogP contribution in [0.1, 0.15) is 20.3 Å². The molecule has 1 nitrogen and oxygen atoms in total. The molecule has 0 bridgehead atoms. The van der Waals surface area contributed by atoms with Crippen molar-refractivity contribution in [3.63, 3.8) is 0 Å². The van der Waals surface area contributed by atoms with E-state index in [4.69, 9.17) is 0 Å². The van der Waals surface area contributed by atoms with Gasteiger partial charge in [-0.15, -0.1) is 0 Å². The van der Waals surface area contributed by atoms with Gasteiger partial charge in [-0.2, -0.15) is 0 Å². The molecule has 2 atom stereocenters. The second kappa shape index (κ2) is 2.41. The van der Waals surface area contributed by atoms with E-state index in [-0.39, 0.29) is 5.92 Å². The second-order valence-electron chi connectivity index (χ2n) is 2.92. The lowest BCUT2D eigenvalue weighted by Crippen LogP contribution is -2.09. The van der Waals surface area contributed by atoms with Gasteiger partial charge in [-0.05, 0) is 6.42 Å². The molecule has 1 saturated carbocycles. The predicted molar refractivity (Wildman–Crippen MR) is 40.7 cm³/mol.